The Hall–Kier alpha value is -0.960. The summed E-state index contributed by atoms with van der Waals surface area (Å²) in [6.07, 6.45) is 3.89. The molecule has 2 aromatic rings. The number of thioether (sulfide) groups is 1. The van der Waals surface area contributed by atoms with E-state index >= 15 is 0 Å². The van der Waals surface area contributed by atoms with Crippen LogP contribution in [-0.4, -0.2) is 16.2 Å². The lowest BCUT2D eigenvalue weighted by molar-refractivity contribution is 1.21. The molecule has 0 bridgehead atoms. The van der Waals surface area contributed by atoms with Crippen LogP contribution in [0.4, 0.5) is 0 Å². The average molecular weight is 178 g/mol. The lowest BCUT2D eigenvalue weighted by Gasteiger charge is -1.92. The summed E-state index contributed by atoms with van der Waals surface area (Å²) in [5, 5.41) is 1.22. The standard InChI is InChI=1S/C9H10N2S/c1-6-8(12-2)7-4-3-5-10-9(7)11-6/h3-5H,1-2H3,(H,10,11). The molecule has 0 aliphatic rings. The molecule has 0 spiro atoms. The van der Waals surface area contributed by atoms with Gasteiger partial charge in [0.15, 0.2) is 0 Å². The van der Waals surface area contributed by atoms with Gasteiger partial charge < -0.3 is 4.98 Å². The van der Waals surface area contributed by atoms with E-state index in [1.165, 1.54) is 16.0 Å². The normalized spacial score (nSPS) is 10.8. The van der Waals surface area contributed by atoms with Gasteiger partial charge in [0.25, 0.3) is 0 Å². The zero-order valence-electron chi connectivity index (χ0n) is 7.09. The lowest BCUT2D eigenvalue weighted by Crippen LogP contribution is -1.72. The average Bonchev–Trinajstić information content (AvgIpc) is 2.40. The zero-order valence-corrected chi connectivity index (χ0v) is 7.90. The van der Waals surface area contributed by atoms with E-state index in [2.05, 4.69) is 29.2 Å². The molecule has 12 heavy (non-hydrogen) atoms. The van der Waals surface area contributed by atoms with E-state index in [-0.39, 0.29) is 0 Å². The van der Waals surface area contributed by atoms with Crippen molar-refractivity contribution in [3.05, 3.63) is 24.0 Å². The van der Waals surface area contributed by atoms with Gasteiger partial charge in [-0.05, 0) is 25.3 Å². The molecule has 0 saturated heterocycles. The molecule has 0 atom stereocenters. The predicted octanol–water partition coefficient (Wildman–Crippen LogP) is 2.59. The molecule has 0 radical (unpaired) electrons. The van der Waals surface area contributed by atoms with Crippen LogP contribution in [0.25, 0.3) is 11.0 Å². The first-order valence-corrected chi connectivity index (χ1v) is 5.02. The molecule has 2 aromatic heterocycles. The first-order valence-electron chi connectivity index (χ1n) is 3.80. The Labute approximate surface area is 75.4 Å². The van der Waals surface area contributed by atoms with E-state index in [1.807, 2.05) is 12.3 Å². The highest BCUT2D eigenvalue weighted by atomic mass is 32.2. The van der Waals surface area contributed by atoms with E-state index in [0.29, 0.717) is 0 Å². The molecule has 62 valence electrons. The third-order valence-electron chi connectivity index (χ3n) is 1.90. The van der Waals surface area contributed by atoms with Crippen molar-refractivity contribution < 1.29 is 0 Å². The van der Waals surface area contributed by atoms with Crippen LogP contribution >= 0.6 is 11.8 Å². The van der Waals surface area contributed by atoms with Crippen molar-refractivity contribution >= 4 is 22.8 Å². The Morgan fingerprint density at radius 1 is 1.50 bits per heavy atom. The van der Waals surface area contributed by atoms with Crippen LogP contribution < -0.4 is 0 Å². The van der Waals surface area contributed by atoms with Crippen molar-refractivity contribution in [3.8, 4) is 0 Å². The van der Waals surface area contributed by atoms with Crippen LogP contribution in [0.5, 0.6) is 0 Å². The minimum atomic E-state index is 0.986. The summed E-state index contributed by atoms with van der Waals surface area (Å²) in [6, 6.07) is 4.06. The van der Waals surface area contributed by atoms with E-state index in [1.54, 1.807) is 11.8 Å². The molecule has 0 aromatic carbocycles. The SMILES string of the molecule is CSc1c(C)[nH]c2ncccc12. The van der Waals surface area contributed by atoms with Crippen molar-refractivity contribution in [3.63, 3.8) is 0 Å². The Bertz CT molecular complexity index is 406. The minimum absolute atomic E-state index is 0.986. The predicted molar refractivity (Wildman–Crippen MR) is 52.6 cm³/mol. The first-order chi connectivity index (χ1) is 5.83. The summed E-state index contributed by atoms with van der Waals surface area (Å²) in [6.45, 7) is 2.08. The number of pyridine rings is 1. The Kier molecular flexibility index (Phi) is 1.81. The van der Waals surface area contributed by atoms with Gasteiger partial charge in [-0.15, -0.1) is 11.8 Å². The van der Waals surface area contributed by atoms with Gasteiger partial charge in [0.1, 0.15) is 5.65 Å². The number of fused-ring (bicyclic) bond motifs is 1. The second kappa shape index (κ2) is 2.83. The Balaban J connectivity index is 2.81. The summed E-state index contributed by atoms with van der Waals surface area (Å²) in [5.41, 5.74) is 2.19. The van der Waals surface area contributed by atoms with Gasteiger partial charge in [0.05, 0.1) is 0 Å². The molecular formula is C9H10N2S. The summed E-state index contributed by atoms with van der Waals surface area (Å²) < 4.78 is 0. The third-order valence-corrected chi connectivity index (χ3v) is 2.84. The van der Waals surface area contributed by atoms with Gasteiger partial charge in [0, 0.05) is 22.2 Å². The van der Waals surface area contributed by atoms with E-state index in [4.69, 9.17) is 0 Å². The number of nitrogens with one attached hydrogen (secondary N) is 1. The molecular weight excluding hydrogens is 168 g/mol. The number of hydrogen-bond acceptors (Lipinski definition) is 2. The zero-order chi connectivity index (χ0) is 8.55. The molecule has 0 fully saturated rings. The molecule has 0 unspecified atom stereocenters. The fraction of sp³-hybridized carbons (Fsp3) is 0.222. The largest absolute Gasteiger partial charge is 0.342 e. The molecule has 1 N–H and O–H groups in total. The monoisotopic (exact) mass is 178 g/mol. The van der Waals surface area contributed by atoms with Gasteiger partial charge >= 0.3 is 0 Å². The number of aryl methyl sites for hydroxylation is 1. The summed E-state index contributed by atoms with van der Waals surface area (Å²) in [5.74, 6) is 0. The Morgan fingerprint density at radius 3 is 3.08 bits per heavy atom. The highest BCUT2D eigenvalue weighted by molar-refractivity contribution is 7.98. The molecule has 0 aliphatic heterocycles. The van der Waals surface area contributed by atoms with Gasteiger partial charge in [-0.3, -0.25) is 0 Å². The van der Waals surface area contributed by atoms with E-state index < -0.39 is 0 Å². The van der Waals surface area contributed by atoms with E-state index in [0.717, 1.165) is 5.65 Å². The quantitative estimate of drug-likeness (QED) is 0.680. The van der Waals surface area contributed by atoms with Gasteiger partial charge in [0.2, 0.25) is 0 Å². The number of aromatic amines is 1. The number of hydrogen-bond donors (Lipinski definition) is 1. The number of aromatic nitrogens is 2. The summed E-state index contributed by atoms with van der Waals surface area (Å²) in [4.78, 5) is 8.79. The van der Waals surface area contributed by atoms with Crippen molar-refractivity contribution in [2.75, 3.05) is 6.26 Å². The third kappa shape index (κ3) is 1.01. The van der Waals surface area contributed by atoms with Gasteiger partial charge in [-0.2, -0.15) is 0 Å². The maximum absolute atomic E-state index is 4.24. The van der Waals surface area contributed by atoms with Crippen LogP contribution in [0.1, 0.15) is 5.69 Å². The van der Waals surface area contributed by atoms with Crippen molar-refractivity contribution in [1.29, 1.82) is 0 Å². The maximum Gasteiger partial charge on any atom is 0.138 e. The summed E-state index contributed by atoms with van der Waals surface area (Å²) >= 11 is 1.76. The number of H-pyrrole nitrogens is 1. The molecule has 0 amide bonds. The molecule has 2 heterocycles. The second-order valence-electron chi connectivity index (χ2n) is 2.68. The Morgan fingerprint density at radius 2 is 2.33 bits per heavy atom. The molecule has 2 rings (SSSR count). The van der Waals surface area contributed by atoms with Gasteiger partial charge in [-0.25, -0.2) is 4.98 Å². The van der Waals surface area contributed by atoms with Crippen LogP contribution in [-0.2, 0) is 0 Å². The smallest absolute Gasteiger partial charge is 0.138 e. The molecule has 0 saturated carbocycles. The molecule has 2 nitrogen and oxygen atoms in total. The lowest BCUT2D eigenvalue weighted by atomic mass is 10.3. The van der Waals surface area contributed by atoms with Gasteiger partial charge in [-0.1, -0.05) is 0 Å². The van der Waals surface area contributed by atoms with Crippen LogP contribution in [0.2, 0.25) is 0 Å². The fourth-order valence-electron chi connectivity index (χ4n) is 1.39. The van der Waals surface area contributed by atoms with E-state index in [9.17, 15) is 0 Å². The van der Waals surface area contributed by atoms with Crippen molar-refractivity contribution in [2.24, 2.45) is 0 Å². The first kappa shape index (κ1) is 7.68. The highest BCUT2D eigenvalue weighted by Crippen LogP contribution is 2.27. The number of nitrogens with zero attached hydrogens (tertiary/aromatic N) is 1. The minimum Gasteiger partial charge on any atom is -0.342 e. The maximum atomic E-state index is 4.24. The van der Waals surface area contributed by atoms with Crippen LogP contribution in [0.3, 0.4) is 0 Å². The molecule has 0 aliphatic carbocycles. The van der Waals surface area contributed by atoms with Crippen LogP contribution in [0, 0.1) is 6.92 Å². The fourth-order valence-corrected chi connectivity index (χ4v) is 2.13. The second-order valence-corrected chi connectivity index (χ2v) is 3.50. The molecule has 3 heteroatoms. The summed E-state index contributed by atoms with van der Waals surface area (Å²) in [7, 11) is 0. The highest BCUT2D eigenvalue weighted by Gasteiger charge is 2.05. The van der Waals surface area contributed by atoms with Crippen LogP contribution in [0.15, 0.2) is 23.2 Å². The van der Waals surface area contributed by atoms with Crippen molar-refractivity contribution in [2.45, 2.75) is 11.8 Å². The number of rotatable bonds is 1. The topological polar surface area (TPSA) is 28.7 Å². The van der Waals surface area contributed by atoms with Crippen molar-refractivity contribution in [1.82, 2.24) is 9.97 Å².